The molecule has 2 aromatic rings. The Morgan fingerprint density at radius 1 is 1.67 bits per heavy atom. The van der Waals surface area contributed by atoms with Gasteiger partial charge >= 0.3 is 5.97 Å². The SMILES string of the molecule is COC(CC(=O)O)Cn1nnnc1-c1ccn[nH]1. The lowest BCUT2D eigenvalue weighted by Gasteiger charge is -2.13. The van der Waals surface area contributed by atoms with Crippen molar-refractivity contribution in [3.63, 3.8) is 0 Å². The number of rotatable bonds is 6. The zero-order chi connectivity index (χ0) is 13.0. The van der Waals surface area contributed by atoms with Crippen molar-refractivity contribution in [3.05, 3.63) is 12.3 Å². The topological polar surface area (TPSA) is 119 Å². The van der Waals surface area contributed by atoms with E-state index >= 15 is 0 Å². The minimum absolute atomic E-state index is 0.112. The highest BCUT2D eigenvalue weighted by atomic mass is 16.5. The summed E-state index contributed by atoms with van der Waals surface area (Å²) in [5, 5.41) is 26.5. The molecule has 9 nitrogen and oxygen atoms in total. The van der Waals surface area contributed by atoms with Crippen LogP contribution < -0.4 is 0 Å². The maximum atomic E-state index is 10.7. The molecule has 0 fully saturated rings. The van der Waals surface area contributed by atoms with E-state index in [1.807, 2.05) is 0 Å². The Labute approximate surface area is 102 Å². The molecular formula is C9H12N6O3. The molecule has 1 atom stereocenters. The summed E-state index contributed by atoms with van der Waals surface area (Å²) in [6, 6.07) is 1.72. The summed E-state index contributed by atoms with van der Waals surface area (Å²) in [4.78, 5) is 10.7. The summed E-state index contributed by atoms with van der Waals surface area (Å²) in [6.45, 7) is 0.254. The second-order valence-corrected chi connectivity index (χ2v) is 3.61. The van der Waals surface area contributed by atoms with Crippen LogP contribution in [0.4, 0.5) is 0 Å². The van der Waals surface area contributed by atoms with E-state index in [2.05, 4.69) is 25.7 Å². The van der Waals surface area contributed by atoms with Gasteiger partial charge in [-0.15, -0.1) is 5.10 Å². The monoisotopic (exact) mass is 252 g/mol. The van der Waals surface area contributed by atoms with Crippen molar-refractivity contribution in [2.24, 2.45) is 0 Å². The van der Waals surface area contributed by atoms with Crippen LogP contribution in [-0.2, 0) is 16.1 Å². The fourth-order valence-corrected chi connectivity index (χ4v) is 1.51. The number of tetrazole rings is 1. The van der Waals surface area contributed by atoms with Crippen molar-refractivity contribution in [2.45, 2.75) is 19.1 Å². The lowest BCUT2D eigenvalue weighted by molar-refractivity contribution is -0.139. The van der Waals surface area contributed by atoms with E-state index in [1.54, 1.807) is 12.3 Å². The number of carboxylic acid groups (broad SMARTS) is 1. The van der Waals surface area contributed by atoms with Crippen LogP contribution in [0.25, 0.3) is 11.5 Å². The molecule has 2 N–H and O–H groups in total. The van der Waals surface area contributed by atoms with Crippen molar-refractivity contribution >= 4 is 5.97 Å². The van der Waals surface area contributed by atoms with E-state index in [4.69, 9.17) is 9.84 Å². The Morgan fingerprint density at radius 3 is 3.11 bits per heavy atom. The number of aliphatic carboxylic acids is 1. The lowest BCUT2D eigenvalue weighted by Crippen LogP contribution is -2.23. The van der Waals surface area contributed by atoms with Gasteiger partial charge in [-0.2, -0.15) is 5.10 Å². The van der Waals surface area contributed by atoms with Gasteiger partial charge in [0.15, 0.2) is 5.82 Å². The molecule has 18 heavy (non-hydrogen) atoms. The van der Waals surface area contributed by atoms with Crippen LogP contribution in [0, 0.1) is 0 Å². The highest BCUT2D eigenvalue weighted by Gasteiger charge is 2.17. The van der Waals surface area contributed by atoms with Crippen molar-refractivity contribution in [1.82, 2.24) is 30.4 Å². The molecule has 0 saturated heterocycles. The molecule has 0 amide bonds. The highest BCUT2D eigenvalue weighted by Crippen LogP contribution is 2.12. The first-order chi connectivity index (χ1) is 8.70. The number of carbonyl (C=O) groups is 1. The predicted molar refractivity (Wildman–Crippen MR) is 58.4 cm³/mol. The average molecular weight is 252 g/mol. The van der Waals surface area contributed by atoms with Gasteiger partial charge < -0.3 is 9.84 Å². The molecule has 0 aliphatic rings. The Bertz CT molecular complexity index is 508. The van der Waals surface area contributed by atoms with E-state index in [0.717, 1.165) is 0 Å². The summed E-state index contributed by atoms with van der Waals surface area (Å²) in [6.07, 6.45) is 0.978. The molecule has 0 bridgehead atoms. The van der Waals surface area contributed by atoms with Crippen LogP contribution in [0.2, 0.25) is 0 Å². The third-order valence-corrected chi connectivity index (χ3v) is 2.39. The van der Waals surface area contributed by atoms with E-state index in [9.17, 15) is 4.79 Å². The van der Waals surface area contributed by atoms with Crippen molar-refractivity contribution in [1.29, 1.82) is 0 Å². The van der Waals surface area contributed by atoms with Crippen LogP contribution in [0.5, 0.6) is 0 Å². The number of hydrogen-bond donors (Lipinski definition) is 2. The number of aromatic nitrogens is 6. The Kier molecular flexibility index (Phi) is 3.63. The maximum absolute atomic E-state index is 10.7. The fourth-order valence-electron chi connectivity index (χ4n) is 1.51. The second-order valence-electron chi connectivity index (χ2n) is 3.61. The third kappa shape index (κ3) is 2.69. The molecule has 2 rings (SSSR count). The first kappa shape index (κ1) is 12.2. The number of nitrogens with one attached hydrogen (secondary N) is 1. The molecular weight excluding hydrogens is 240 g/mol. The molecule has 0 aromatic carbocycles. The number of hydrogen-bond acceptors (Lipinski definition) is 6. The van der Waals surface area contributed by atoms with E-state index in [0.29, 0.717) is 11.5 Å². The zero-order valence-electron chi connectivity index (χ0n) is 9.65. The third-order valence-electron chi connectivity index (χ3n) is 2.39. The average Bonchev–Trinajstić information content (AvgIpc) is 2.96. The van der Waals surface area contributed by atoms with Crippen molar-refractivity contribution in [3.8, 4) is 11.5 Å². The maximum Gasteiger partial charge on any atom is 0.306 e. The smallest absolute Gasteiger partial charge is 0.306 e. The summed E-state index contributed by atoms with van der Waals surface area (Å²) < 4.78 is 6.56. The van der Waals surface area contributed by atoms with Crippen LogP contribution in [-0.4, -0.2) is 54.7 Å². The summed E-state index contributed by atoms with van der Waals surface area (Å²) in [5.74, 6) is -0.446. The molecule has 2 heterocycles. The number of aromatic amines is 1. The van der Waals surface area contributed by atoms with Crippen LogP contribution in [0.3, 0.4) is 0 Å². The van der Waals surface area contributed by atoms with Gasteiger partial charge in [-0.25, -0.2) is 4.68 Å². The fraction of sp³-hybridized carbons (Fsp3) is 0.444. The van der Waals surface area contributed by atoms with Gasteiger partial charge in [0, 0.05) is 13.3 Å². The lowest BCUT2D eigenvalue weighted by atomic mass is 10.2. The second kappa shape index (κ2) is 5.36. The molecule has 0 aliphatic heterocycles. The standard InChI is InChI=1S/C9H12N6O3/c1-18-6(4-8(16)17)5-15-9(12-13-14-15)7-2-3-10-11-7/h2-3,6H,4-5H2,1H3,(H,10,11)(H,16,17). The molecule has 0 radical (unpaired) electrons. The number of carboxylic acids is 1. The van der Waals surface area contributed by atoms with E-state index in [-0.39, 0.29) is 13.0 Å². The Balaban J connectivity index is 2.14. The number of nitrogens with zero attached hydrogens (tertiary/aromatic N) is 5. The van der Waals surface area contributed by atoms with E-state index < -0.39 is 12.1 Å². The van der Waals surface area contributed by atoms with Gasteiger partial charge in [0.2, 0.25) is 0 Å². The number of H-pyrrole nitrogens is 1. The molecule has 0 spiro atoms. The minimum Gasteiger partial charge on any atom is -0.481 e. The van der Waals surface area contributed by atoms with Gasteiger partial charge in [-0.1, -0.05) is 0 Å². The zero-order valence-corrected chi connectivity index (χ0v) is 9.65. The van der Waals surface area contributed by atoms with Crippen molar-refractivity contribution in [2.75, 3.05) is 7.11 Å². The summed E-state index contributed by atoms with van der Waals surface area (Å²) >= 11 is 0. The van der Waals surface area contributed by atoms with E-state index in [1.165, 1.54) is 11.8 Å². The van der Waals surface area contributed by atoms with Gasteiger partial charge in [0.25, 0.3) is 0 Å². The molecule has 9 heteroatoms. The van der Waals surface area contributed by atoms with Crippen molar-refractivity contribution < 1.29 is 14.6 Å². The molecule has 0 saturated carbocycles. The Morgan fingerprint density at radius 2 is 2.50 bits per heavy atom. The quantitative estimate of drug-likeness (QED) is 0.714. The van der Waals surface area contributed by atoms with Gasteiger partial charge in [0.1, 0.15) is 5.69 Å². The summed E-state index contributed by atoms with van der Waals surface area (Å²) in [7, 11) is 1.45. The molecule has 2 aromatic heterocycles. The van der Waals surface area contributed by atoms with Gasteiger partial charge in [0.05, 0.1) is 19.1 Å². The highest BCUT2D eigenvalue weighted by molar-refractivity contribution is 5.67. The first-order valence-electron chi connectivity index (χ1n) is 5.21. The first-order valence-corrected chi connectivity index (χ1v) is 5.21. The largest absolute Gasteiger partial charge is 0.481 e. The summed E-state index contributed by atoms with van der Waals surface area (Å²) in [5.41, 5.74) is 0.658. The minimum atomic E-state index is -0.932. The van der Waals surface area contributed by atoms with Crippen LogP contribution in [0.1, 0.15) is 6.42 Å². The number of ether oxygens (including phenoxy) is 1. The van der Waals surface area contributed by atoms with Gasteiger partial charge in [-0.05, 0) is 16.5 Å². The van der Waals surface area contributed by atoms with Crippen LogP contribution >= 0.6 is 0 Å². The molecule has 0 aliphatic carbocycles. The number of methoxy groups -OCH3 is 1. The van der Waals surface area contributed by atoms with Crippen LogP contribution in [0.15, 0.2) is 12.3 Å². The Hall–Kier alpha value is -2.29. The van der Waals surface area contributed by atoms with Gasteiger partial charge in [-0.3, -0.25) is 9.89 Å². The molecule has 96 valence electrons. The molecule has 1 unspecified atom stereocenters. The normalized spacial score (nSPS) is 12.5. The predicted octanol–water partition coefficient (Wildman–Crippen LogP) is -0.447.